The van der Waals surface area contributed by atoms with Gasteiger partial charge in [-0.1, -0.05) is 48.5 Å². The summed E-state index contributed by atoms with van der Waals surface area (Å²) >= 11 is 0. The largest absolute Gasteiger partial charge is 0.502 e. The molecule has 3 N–H and O–H groups in total. The van der Waals surface area contributed by atoms with Gasteiger partial charge in [-0.2, -0.15) is 8.42 Å². The first-order valence-corrected chi connectivity index (χ1v) is 28.2. The molecule has 2 aliphatic heterocycles. The van der Waals surface area contributed by atoms with Crippen molar-refractivity contribution in [3.63, 3.8) is 0 Å². The van der Waals surface area contributed by atoms with E-state index in [0.29, 0.717) is 62.1 Å². The molecule has 4 heterocycles. The first-order chi connectivity index (χ1) is 31.7. The van der Waals surface area contributed by atoms with Crippen LogP contribution in [0.3, 0.4) is 0 Å². The molecular formula is C47H64N4O13S3. The summed E-state index contributed by atoms with van der Waals surface area (Å²) in [6.07, 6.45) is 13.3. The summed E-state index contributed by atoms with van der Waals surface area (Å²) in [6.45, 7) is 6.31. The molecule has 2 fully saturated rings. The summed E-state index contributed by atoms with van der Waals surface area (Å²) in [5, 5.41) is 9.13. The molecule has 8 rings (SSSR count). The molecule has 4 aliphatic rings. The number of hydrogen-bond donors (Lipinski definition) is 3. The molecule has 0 bridgehead atoms. The number of ether oxygens (including phenoxy) is 1. The monoisotopic (exact) mass is 988 g/mol. The molecule has 2 aliphatic carbocycles. The van der Waals surface area contributed by atoms with E-state index in [1.807, 2.05) is 24.3 Å². The van der Waals surface area contributed by atoms with Gasteiger partial charge in [-0.25, -0.2) is 26.3 Å². The smallest absolute Gasteiger partial charge is 0.264 e. The summed E-state index contributed by atoms with van der Waals surface area (Å²) < 4.78 is 92.6. The summed E-state index contributed by atoms with van der Waals surface area (Å²) in [5.74, 6) is 2.47. The van der Waals surface area contributed by atoms with Crippen LogP contribution in [0.25, 0.3) is 0 Å². The van der Waals surface area contributed by atoms with E-state index in [0.717, 1.165) is 96.3 Å². The van der Waals surface area contributed by atoms with Crippen LogP contribution in [0.5, 0.6) is 11.5 Å². The Kier molecular flexibility index (Phi) is 18.4. The minimum atomic E-state index is -3.36. The maximum absolute atomic E-state index is 12.5. The molecule has 4 aromatic rings. The maximum atomic E-state index is 12.5. The lowest BCUT2D eigenvalue weighted by molar-refractivity contribution is 0.178. The maximum Gasteiger partial charge on any atom is 0.264 e. The van der Waals surface area contributed by atoms with Gasteiger partial charge in [0.1, 0.15) is 24.0 Å². The Morgan fingerprint density at radius 1 is 0.582 bits per heavy atom. The van der Waals surface area contributed by atoms with Crippen molar-refractivity contribution < 1.29 is 48.1 Å². The zero-order chi connectivity index (χ0) is 48.2. The van der Waals surface area contributed by atoms with Crippen LogP contribution in [0, 0.1) is 23.7 Å². The summed E-state index contributed by atoms with van der Waals surface area (Å²) in [5.41, 5.74) is 4.74. The highest BCUT2D eigenvalue weighted by molar-refractivity contribution is 7.89. The van der Waals surface area contributed by atoms with E-state index in [2.05, 4.69) is 43.5 Å². The third-order valence-electron chi connectivity index (χ3n) is 12.5. The number of fused-ring (bicyclic) bond motifs is 2. The fraction of sp³-hybridized carbons (Fsp3) is 0.532. The van der Waals surface area contributed by atoms with E-state index >= 15 is 0 Å². The van der Waals surface area contributed by atoms with Gasteiger partial charge in [0.05, 0.1) is 45.1 Å². The lowest BCUT2D eigenvalue weighted by atomic mass is 9.82. The Morgan fingerprint density at radius 2 is 0.970 bits per heavy atom. The number of nitrogens with zero attached hydrogens (tertiary/aromatic N) is 2. The van der Waals surface area contributed by atoms with Crippen LogP contribution < -0.4 is 25.0 Å². The Hall–Kier alpha value is -4.41. The summed E-state index contributed by atoms with van der Waals surface area (Å²) in [6, 6.07) is 19.5. The molecule has 0 spiro atoms. The van der Waals surface area contributed by atoms with Crippen LogP contribution in [0.2, 0.25) is 0 Å². The summed E-state index contributed by atoms with van der Waals surface area (Å²) in [4.78, 5) is 28.2. The zero-order valence-electron chi connectivity index (χ0n) is 38.4. The van der Waals surface area contributed by atoms with Gasteiger partial charge < -0.3 is 18.7 Å². The molecule has 2 aromatic carbocycles. The molecule has 368 valence electrons. The van der Waals surface area contributed by atoms with E-state index < -0.39 is 35.6 Å². The van der Waals surface area contributed by atoms with Crippen molar-refractivity contribution in [1.29, 1.82) is 0 Å². The molecule has 17 nitrogen and oxygen atoms in total. The van der Waals surface area contributed by atoms with Gasteiger partial charge in [0.2, 0.25) is 36.7 Å². The highest BCUT2D eigenvalue weighted by Crippen LogP contribution is 2.31. The van der Waals surface area contributed by atoms with Crippen LogP contribution in [0.1, 0.15) is 85.1 Å². The molecule has 0 atom stereocenters. The fourth-order valence-electron chi connectivity index (χ4n) is 8.80. The number of aromatic hydroxyl groups is 1. The highest BCUT2D eigenvalue weighted by Gasteiger charge is 2.25. The third kappa shape index (κ3) is 17.9. The molecule has 20 heteroatoms. The second-order valence-electron chi connectivity index (χ2n) is 18.3. The molecule has 2 aromatic heterocycles. The van der Waals surface area contributed by atoms with Gasteiger partial charge in [-0.15, -0.1) is 0 Å². The Bertz CT molecular complexity index is 2620. The van der Waals surface area contributed by atoms with Crippen molar-refractivity contribution in [3.05, 3.63) is 127 Å². The van der Waals surface area contributed by atoms with Crippen LogP contribution in [0.15, 0.2) is 91.6 Å². The first kappa shape index (κ1) is 52.0. The predicted molar refractivity (Wildman–Crippen MR) is 253 cm³/mol. The van der Waals surface area contributed by atoms with Crippen molar-refractivity contribution in [2.75, 3.05) is 45.1 Å². The second-order valence-corrected chi connectivity index (χ2v) is 23.6. The van der Waals surface area contributed by atoms with E-state index in [1.165, 1.54) is 46.9 Å². The fourth-order valence-corrected chi connectivity index (χ4v) is 10.3. The van der Waals surface area contributed by atoms with Gasteiger partial charge in [0, 0.05) is 51.4 Å². The van der Waals surface area contributed by atoms with Crippen molar-refractivity contribution >= 4 is 30.2 Å². The standard InChI is InChI=1S/C23H30N2O5S.C14H13NO3.C10H21NO5S2/c1-31(27,28)24-11-17-6-8-18(9-7-17)15-30-23-16-29-21(10-22(23)26)14-25-12-19-4-2-3-5-20(19)13-25;16-13-5-12(18-9-14(13)17)8-15-6-10-3-1-2-4-11(10)7-15;1-17(12,13)11-7-9-3-5-10(6-4-9)8-16-18(2,14)15/h2-5,10,16-18,24H,6-9,11-15H2,1H3;1-5,9,17H,6-8H2;9-11H,3-8H2,1-2H3. The predicted octanol–water partition coefficient (Wildman–Crippen LogP) is 5.07. The summed E-state index contributed by atoms with van der Waals surface area (Å²) in [7, 11) is -9.62. The molecule has 0 amide bonds. The van der Waals surface area contributed by atoms with E-state index in [9.17, 15) is 34.8 Å². The van der Waals surface area contributed by atoms with Crippen molar-refractivity contribution in [3.8, 4) is 11.5 Å². The average molecular weight is 989 g/mol. The number of rotatable bonds is 16. The van der Waals surface area contributed by atoms with E-state index in [4.69, 9.17) is 22.9 Å². The molecular weight excluding hydrogens is 925 g/mol. The van der Waals surface area contributed by atoms with Crippen LogP contribution in [-0.4, -0.2) is 85.2 Å². The molecule has 0 saturated heterocycles. The van der Waals surface area contributed by atoms with Gasteiger partial charge >= 0.3 is 0 Å². The highest BCUT2D eigenvalue weighted by atomic mass is 32.2. The van der Waals surface area contributed by atoms with Gasteiger partial charge in [0.25, 0.3) is 10.1 Å². The van der Waals surface area contributed by atoms with Crippen LogP contribution in [-0.2, 0) is 73.6 Å². The molecule has 0 radical (unpaired) electrons. The van der Waals surface area contributed by atoms with Crippen molar-refractivity contribution in [1.82, 2.24) is 19.2 Å². The number of sulfonamides is 2. The number of hydrogen-bond acceptors (Lipinski definition) is 15. The zero-order valence-corrected chi connectivity index (χ0v) is 40.9. The SMILES string of the molecule is CS(=O)(=O)NCC1CCC(COS(C)(=O)=O)CC1.CS(=O)(=O)NCC1CCC(COc2coc(CN3Cc4ccccc4C3)cc2=O)CC1.O=c1cc(CN2Cc3ccccc3C2)occ1O. The van der Waals surface area contributed by atoms with Crippen molar-refractivity contribution in [2.24, 2.45) is 23.7 Å². The topological polar surface area (TPSA) is 232 Å². The second kappa shape index (κ2) is 23.7. The molecule has 67 heavy (non-hydrogen) atoms. The lowest BCUT2D eigenvalue weighted by Crippen LogP contribution is -2.31. The van der Waals surface area contributed by atoms with Crippen LogP contribution >= 0.6 is 0 Å². The Morgan fingerprint density at radius 3 is 1.36 bits per heavy atom. The van der Waals surface area contributed by atoms with E-state index in [1.54, 1.807) is 0 Å². The number of nitrogens with one attached hydrogen (secondary N) is 2. The number of benzene rings is 2. The minimum Gasteiger partial charge on any atom is -0.502 e. The molecule has 2 saturated carbocycles. The van der Waals surface area contributed by atoms with Crippen LogP contribution in [0.4, 0.5) is 0 Å². The quantitative estimate of drug-likeness (QED) is 0.124. The van der Waals surface area contributed by atoms with Crippen molar-refractivity contribution in [2.45, 2.75) is 90.6 Å². The van der Waals surface area contributed by atoms with Gasteiger partial charge in [0.15, 0.2) is 5.75 Å². The van der Waals surface area contributed by atoms with Gasteiger partial charge in [-0.05, 0) is 97.3 Å². The van der Waals surface area contributed by atoms with Gasteiger partial charge in [-0.3, -0.25) is 23.6 Å². The Labute approximate surface area is 394 Å². The third-order valence-corrected chi connectivity index (χ3v) is 14.4. The Balaban J connectivity index is 0.000000177. The average Bonchev–Trinajstić information content (AvgIpc) is 3.89. The lowest BCUT2D eigenvalue weighted by Gasteiger charge is -2.28. The normalized spacial score (nSPS) is 21.0. The minimum absolute atomic E-state index is 0.149. The van der Waals surface area contributed by atoms with E-state index in [-0.39, 0.29) is 29.5 Å². The first-order valence-electron chi connectivity index (χ1n) is 22.6. The molecule has 0 unspecified atom stereocenters.